The number of nitrogens with zero attached hydrogens (tertiary/aromatic N) is 3. The standard InChI is InChI=1S/C22H22FN3O3/c1-4-29-20(27)14-25(3)22(28)19-13-26(18-11-9-17(23)10-12-18)24-21(19)16-7-5-15(2)6-8-16/h5-13H,4,14H2,1-3H3. The number of halogens is 1. The molecule has 3 rings (SSSR count). The molecule has 1 heterocycles. The molecule has 3 aromatic rings. The van der Waals surface area contributed by atoms with E-state index < -0.39 is 5.97 Å². The number of aromatic nitrogens is 2. The Morgan fingerprint density at radius 3 is 2.38 bits per heavy atom. The van der Waals surface area contributed by atoms with Gasteiger partial charge in [0.05, 0.1) is 17.9 Å². The number of hydrogen-bond acceptors (Lipinski definition) is 4. The molecule has 0 fully saturated rings. The van der Waals surface area contributed by atoms with Crippen LogP contribution in [0.3, 0.4) is 0 Å². The largest absolute Gasteiger partial charge is 0.465 e. The van der Waals surface area contributed by atoms with E-state index in [0.29, 0.717) is 16.9 Å². The maximum Gasteiger partial charge on any atom is 0.325 e. The molecule has 0 aliphatic carbocycles. The zero-order valence-corrected chi connectivity index (χ0v) is 16.6. The summed E-state index contributed by atoms with van der Waals surface area (Å²) >= 11 is 0. The number of rotatable bonds is 6. The summed E-state index contributed by atoms with van der Waals surface area (Å²) in [6.07, 6.45) is 1.59. The number of ether oxygens (including phenoxy) is 1. The molecular weight excluding hydrogens is 373 g/mol. The summed E-state index contributed by atoms with van der Waals surface area (Å²) in [5.41, 5.74) is 3.29. The van der Waals surface area contributed by atoms with Crippen molar-refractivity contribution in [3.05, 3.63) is 71.7 Å². The first-order valence-corrected chi connectivity index (χ1v) is 9.22. The number of esters is 1. The van der Waals surface area contributed by atoms with Crippen molar-refractivity contribution in [3.8, 4) is 16.9 Å². The summed E-state index contributed by atoms with van der Waals surface area (Å²) < 4.78 is 19.7. The molecule has 0 saturated heterocycles. The highest BCUT2D eigenvalue weighted by atomic mass is 19.1. The average Bonchev–Trinajstić information content (AvgIpc) is 3.14. The Balaban J connectivity index is 2.01. The van der Waals surface area contributed by atoms with E-state index in [0.717, 1.165) is 11.1 Å². The molecule has 29 heavy (non-hydrogen) atoms. The molecule has 6 nitrogen and oxygen atoms in total. The molecule has 150 valence electrons. The maximum atomic E-state index is 13.3. The molecule has 1 amide bonds. The van der Waals surface area contributed by atoms with Crippen LogP contribution in [0.4, 0.5) is 4.39 Å². The third-order valence-electron chi connectivity index (χ3n) is 4.38. The van der Waals surface area contributed by atoms with Crippen LogP contribution >= 0.6 is 0 Å². The van der Waals surface area contributed by atoms with Crippen molar-refractivity contribution in [1.82, 2.24) is 14.7 Å². The van der Waals surface area contributed by atoms with Crippen molar-refractivity contribution >= 4 is 11.9 Å². The highest BCUT2D eigenvalue weighted by Gasteiger charge is 2.23. The van der Waals surface area contributed by atoms with E-state index >= 15 is 0 Å². The molecule has 2 aromatic carbocycles. The maximum absolute atomic E-state index is 13.3. The first-order chi connectivity index (χ1) is 13.9. The van der Waals surface area contributed by atoms with Gasteiger partial charge in [-0.05, 0) is 38.1 Å². The van der Waals surface area contributed by atoms with Gasteiger partial charge >= 0.3 is 5.97 Å². The minimum absolute atomic E-state index is 0.165. The van der Waals surface area contributed by atoms with Gasteiger partial charge in [0.1, 0.15) is 18.1 Å². The van der Waals surface area contributed by atoms with Crippen molar-refractivity contribution in [1.29, 1.82) is 0 Å². The van der Waals surface area contributed by atoms with Crippen molar-refractivity contribution in [3.63, 3.8) is 0 Å². The topological polar surface area (TPSA) is 64.4 Å². The van der Waals surface area contributed by atoms with Gasteiger partial charge in [0.25, 0.3) is 5.91 Å². The molecule has 7 heteroatoms. The Bertz CT molecular complexity index is 1010. The summed E-state index contributed by atoms with van der Waals surface area (Å²) in [7, 11) is 1.54. The number of benzene rings is 2. The van der Waals surface area contributed by atoms with Crippen LogP contribution in [0.2, 0.25) is 0 Å². The van der Waals surface area contributed by atoms with Crippen LogP contribution < -0.4 is 0 Å². The average molecular weight is 395 g/mol. The number of carbonyl (C=O) groups excluding carboxylic acids is 2. The van der Waals surface area contributed by atoms with Gasteiger partial charge in [0.2, 0.25) is 0 Å². The summed E-state index contributed by atoms with van der Waals surface area (Å²) in [6.45, 7) is 3.77. The second kappa shape index (κ2) is 8.68. The van der Waals surface area contributed by atoms with Crippen LogP contribution in [0, 0.1) is 12.7 Å². The Morgan fingerprint density at radius 1 is 1.10 bits per heavy atom. The third-order valence-corrected chi connectivity index (χ3v) is 4.38. The lowest BCUT2D eigenvalue weighted by atomic mass is 10.1. The number of aryl methyl sites for hydroxylation is 1. The van der Waals surface area contributed by atoms with E-state index in [4.69, 9.17) is 4.74 Å². The van der Waals surface area contributed by atoms with Gasteiger partial charge in [0.15, 0.2) is 0 Å². The van der Waals surface area contributed by atoms with Crippen LogP contribution in [0.25, 0.3) is 16.9 Å². The molecule has 0 atom stereocenters. The summed E-state index contributed by atoms with van der Waals surface area (Å²) in [5.74, 6) is -1.20. The van der Waals surface area contributed by atoms with Crippen LogP contribution in [0.15, 0.2) is 54.7 Å². The molecule has 0 spiro atoms. The van der Waals surface area contributed by atoms with Crippen molar-refractivity contribution in [2.45, 2.75) is 13.8 Å². The van der Waals surface area contributed by atoms with Crippen LogP contribution in [0.5, 0.6) is 0 Å². The van der Waals surface area contributed by atoms with Crippen LogP contribution in [-0.2, 0) is 9.53 Å². The zero-order valence-electron chi connectivity index (χ0n) is 16.6. The molecule has 0 aliphatic heterocycles. The highest BCUT2D eigenvalue weighted by molar-refractivity contribution is 6.01. The summed E-state index contributed by atoms with van der Waals surface area (Å²) in [4.78, 5) is 26.1. The van der Waals surface area contributed by atoms with Crippen LogP contribution in [0.1, 0.15) is 22.8 Å². The number of hydrogen-bond donors (Lipinski definition) is 0. The van der Waals surface area contributed by atoms with Gasteiger partial charge in [-0.15, -0.1) is 0 Å². The van der Waals surface area contributed by atoms with E-state index in [9.17, 15) is 14.0 Å². The molecule has 0 aliphatic rings. The first-order valence-electron chi connectivity index (χ1n) is 9.22. The quantitative estimate of drug-likeness (QED) is 0.598. The number of amides is 1. The molecule has 0 N–H and O–H groups in total. The third kappa shape index (κ3) is 4.68. The van der Waals surface area contributed by atoms with E-state index in [2.05, 4.69) is 5.10 Å². The Labute approximate surface area is 168 Å². The first kappa shape index (κ1) is 20.3. The Hall–Kier alpha value is -3.48. The predicted molar refractivity (Wildman–Crippen MR) is 107 cm³/mol. The van der Waals surface area contributed by atoms with Crippen molar-refractivity contribution in [2.75, 3.05) is 20.2 Å². The van der Waals surface area contributed by atoms with Gasteiger partial charge < -0.3 is 9.64 Å². The minimum Gasteiger partial charge on any atom is -0.465 e. The number of carbonyl (C=O) groups is 2. The Kier molecular flexibility index (Phi) is 6.07. The fraction of sp³-hybridized carbons (Fsp3) is 0.227. The second-order valence-electron chi connectivity index (χ2n) is 6.64. The Morgan fingerprint density at radius 2 is 1.76 bits per heavy atom. The molecule has 0 unspecified atom stereocenters. The molecule has 0 bridgehead atoms. The SMILES string of the molecule is CCOC(=O)CN(C)C(=O)c1cn(-c2ccc(F)cc2)nc1-c1ccc(C)cc1. The molecule has 0 saturated carbocycles. The van der Waals surface area contributed by atoms with Gasteiger partial charge in [-0.2, -0.15) is 5.10 Å². The molecular formula is C22H22FN3O3. The van der Waals surface area contributed by atoms with Gasteiger partial charge in [-0.25, -0.2) is 9.07 Å². The molecule has 1 aromatic heterocycles. The second-order valence-corrected chi connectivity index (χ2v) is 6.64. The lowest BCUT2D eigenvalue weighted by Crippen LogP contribution is -2.33. The van der Waals surface area contributed by atoms with Crippen LogP contribution in [-0.4, -0.2) is 46.8 Å². The lowest BCUT2D eigenvalue weighted by Gasteiger charge is -2.15. The van der Waals surface area contributed by atoms with E-state index in [1.54, 1.807) is 25.3 Å². The minimum atomic E-state index is -0.480. The van der Waals surface area contributed by atoms with E-state index in [1.165, 1.54) is 28.8 Å². The van der Waals surface area contributed by atoms with Gasteiger partial charge in [0, 0.05) is 18.8 Å². The monoisotopic (exact) mass is 395 g/mol. The number of likely N-dealkylation sites (N-methyl/N-ethyl adjacent to an activating group) is 1. The molecule has 0 radical (unpaired) electrons. The normalized spacial score (nSPS) is 10.6. The fourth-order valence-corrected chi connectivity index (χ4v) is 2.86. The fourth-order valence-electron chi connectivity index (χ4n) is 2.86. The lowest BCUT2D eigenvalue weighted by molar-refractivity contribution is -0.143. The smallest absolute Gasteiger partial charge is 0.325 e. The van der Waals surface area contributed by atoms with Crippen molar-refractivity contribution < 1.29 is 18.7 Å². The summed E-state index contributed by atoms with van der Waals surface area (Å²) in [5, 5.41) is 4.56. The highest BCUT2D eigenvalue weighted by Crippen LogP contribution is 2.25. The van der Waals surface area contributed by atoms with Crippen molar-refractivity contribution in [2.24, 2.45) is 0 Å². The van der Waals surface area contributed by atoms with Gasteiger partial charge in [-0.3, -0.25) is 9.59 Å². The predicted octanol–water partition coefficient (Wildman–Crippen LogP) is 3.62. The van der Waals surface area contributed by atoms with E-state index in [1.807, 2.05) is 31.2 Å². The summed E-state index contributed by atoms with van der Waals surface area (Å²) in [6, 6.07) is 13.5. The zero-order chi connectivity index (χ0) is 21.0. The van der Waals surface area contributed by atoms with E-state index in [-0.39, 0.29) is 24.9 Å². The van der Waals surface area contributed by atoms with Gasteiger partial charge in [-0.1, -0.05) is 29.8 Å².